The summed E-state index contributed by atoms with van der Waals surface area (Å²) in [4.78, 5) is 27.8. The Hall–Kier alpha value is -3.00. The lowest BCUT2D eigenvalue weighted by Gasteiger charge is -2.38. The zero-order valence-electron chi connectivity index (χ0n) is 28.3. The second-order valence-corrected chi connectivity index (χ2v) is 17.1. The van der Waals surface area contributed by atoms with E-state index in [1.54, 1.807) is 19.2 Å². The molecule has 1 saturated carbocycles. The molecule has 0 aromatic heterocycles. The predicted octanol–water partition coefficient (Wildman–Crippen LogP) is 3.69. The third-order valence-corrected chi connectivity index (χ3v) is 10.9. The second-order valence-electron chi connectivity index (χ2n) is 13.8. The first-order valence-corrected chi connectivity index (χ1v) is 19.5. The Bertz CT molecular complexity index is 1630. The Morgan fingerprint density at radius 2 is 1.69 bits per heavy atom. The predicted molar refractivity (Wildman–Crippen MR) is 189 cm³/mol. The molecule has 0 radical (unpaired) electrons. The van der Waals surface area contributed by atoms with Crippen LogP contribution < -0.4 is 15.4 Å². The van der Waals surface area contributed by atoms with E-state index in [0.717, 1.165) is 29.0 Å². The van der Waals surface area contributed by atoms with Gasteiger partial charge in [-0.05, 0) is 93.1 Å². The number of aliphatic hydroxyl groups excluding tert-OH is 1. The normalized spacial score (nSPS) is 21.2. The van der Waals surface area contributed by atoms with Crippen LogP contribution in [0.1, 0.15) is 52.0 Å². The van der Waals surface area contributed by atoms with Crippen LogP contribution in [0.4, 0.5) is 0 Å². The van der Waals surface area contributed by atoms with E-state index in [1.807, 2.05) is 81.4 Å². The van der Waals surface area contributed by atoms with Gasteiger partial charge in [-0.3, -0.25) is 9.59 Å². The molecule has 4 N–H and O–H groups in total. The molecule has 1 aliphatic carbocycles. The maximum atomic E-state index is 13.9. The van der Waals surface area contributed by atoms with Crippen molar-refractivity contribution >= 4 is 43.8 Å². The number of carbonyl (C=O) groups excluding carboxylic acids is 2. The van der Waals surface area contributed by atoms with Crippen molar-refractivity contribution < 1.29 is 32.4 Å². The molecule has 4 rings (SSSR count). The number of sulfonamides is 1. The molecule has 0 saturated heterocycles. The number of ether oxygens (including phenoxy) is 1. The van der Waals surface area contributed by atoms with Gasteiger partial charge in [-0.15, -0.1) is 0 Å². The molecule has 262 valence electrons. The van der Waals surface area contributed by atoms with Crippen LogP contribution in [0, 0.1) is 11.8 Å². The summed E-state index contributed by atoms with van der Waals surface area (Å²) in [5.41, 5.74) is 0.435. The largest absolute Gasteiger partial charge is 0.611 e. The van der Waals surface area contributed by atoms with Gasteiger partial charge in [0.05, 0.1) is 24.5 Å². The third-order valence-electron chi connectivity index (χ3n) is 8.72. The van der Waals surface area contributed by atoms with Crippen molar-refractivity contribution in [2.45, 2.75) is 87.6 Å². The van der Waals surface area contributed by atoms with Gasteiger partial charge in [-0.25, -0.2) is 8.42 Å². The molecule has 0 bridgehead atoms. The average molecular weight is 700 g/mol. The summed E-state index contributed by atoms with van der Waals surface area (Å²) < 4.78 is 46.5. The molecule has 3 aromatic carbocycles. The van der Waals surface area contributed by atoms with Crippen LogP contribution >= 0.6 is 0 Å². The number of hydrogen-bond donors (Lipinski definition) is 4. The third kappa shape index (κ3) is 11.0. The first-order valence-electron chi connectivity index (χ1n) is 16.3. The van der Waals surface area contributed by atoms with Crippen LogP contribution in [-0.4, -0.2) is 78.8 Å². The maximum Gasteiger partial charge on any atom is 0.243 e. The highest BCUT2D eigenvalue weighted by Gasteiger charge is 2.39. The fourth-order valence-electron chi connectivity index (χ4n) is 6.47. The van der Waals surface area contributed by atoms with Crippen molar-refractivity contribution in [2.75, 3.05) is 19.1 Å². The molecular formula is C36H49N3O7S2. The van der Waals surface area contributed by atoms with Crippen LogP contribution in [0.15, 0.2) is 77.7 Å². The fraction of sp³-hybridized carbons (Fsp3) is 0.500. The fourth-order valence-corrected chi connectivity index (χ4v) is 8.66. The number of hydrogen-bond acceptors (Lipinski definition) is 7. The van der Waals surface area contributed by atoms with Crippen molar-refractivity contribution in [2.24, 2.45) is 11.8 Å². The van der Waals surface area contributed by atoms with Crippen LogP contribution in [0.5, 0.6) is 0 Å². The zero-order valence-corrected chi connectivity index (χ0v) is 30.0. The van der Waals surface area contributed by atoms with Gasteiger partial charge in [0.25, 0.3) is 0 Å². The van der Waals surface area contributed by atoms with Crippen molar-refractivity contribution in [1.82, 2.24) is 15.4 Å². The molecule has 2 amide bonds. The van der Waals surface area contributed by atoms with E-state index in [-0.39, 0.29) is 42.4 Å². The van der Waals surface area contributed by atoms with Gasteiger partial charge in [0.2, 0.25) is 21.8 Å². The number of carbonyl (C=O) groups is 2. The van der Waals surface area contributed by atoms with E-state index in [9.17, 15) is 27.7 Å². The van der Waals surface area contributed by atoms with Crippen molar-refractivity contribution in [3.8, 4) is 0 Å². The van der Waals surface area contributed by atoms with E-state index in [1.165, 1.54) is 0 Å². The first kappa shape index (κ1) is 37.8. The van der Waals surface area contributed by atoms with E-state index in [0.29, 0.717) is 17.7 Å². The molecule has 1 fully saturated rings. The smallest absolute Gasteiger partial charge is 0.243 e. The Labute approximate surface area is 287 Å². The Morgan fingerprint density at radius 1 is 1.02 bits per heavy atom. The quantitative estimate of drug-likeness (QED) is 0.187. The van der Waals surface area contributed by atoms with Crippen molar-refractivity contribution in [3.05, 3.63) is 78.4 Å². The Morgan fingerprint density at radius 3 is 2.35 bits per heavy atom. The highest BCUT2D eigenvalue weighted by Crippen LogP contribution is 2.36. The first-order chi connectivity index (χ1) is 22.6. The summed E-state index contributed by atoms with van der Waals surface area (Å²) in [6, 6.07) is 20.0. The molecule has 1 aliphatic rings. The maximum absolute atomic E-state index is 13.9. The number of benzene rings is 3. The highest BCUT2D eigenvalue weighted by atomic mass is 32.2. The molecule has 7 unspecified atom stereocenters. The number of fused-ring (bicyclic) bond motifs is 1. The van der Waals surface area contributed by atoms with Gasteiger partial charge in [0.15, 0.2) is 4.90 Å². The van der Waals surface area contributed by atoms with E-state index in [4.69, 9.17) is 4.74 Å². The molecule has 0 heterocycles. The lowest BCUT2D eigenvalue weighted by Crippen LogP contribution is -2.55. The summed E-state index contributed by atoms with van der Waals surface area (Å²) in [5, 5.41) is 19.4. The summed E-state index contributed by atoms with van der Waals surface area (Å²) >= 11 is -1.74. The van der Waals surface area contributed by atoms with Crippen LogP contribution in [0.25, 0.3) is 10.8 Å². The SMILES string of the molecule is COC1CCC(C(=O)NC(C)(C)C)C(CC(O)C(Cc2ccccc2)NC(=O)C(C[S+]([O-])c2cccc3ccccc23)NS(C)(=O)=O)C1. The van der Waals surface area contributed by atoms with E-state index >= 15 is 0 Å². The van der Waals surface area contributed by atoms with Gasteiger partial charge >= 0.3 is 0 Å². The lowest BCUT2D eigenvalue weighted by molar-refractivity contribution is -0.132. The van der Waals surface area contributed by atoms with Crippen LogP contribution in [0.2, 0.25) is 0 Å². The summed E-state index contributed by atoms with van der Waals surface area (Å²) in [6.45, 7) is 5.78. The molecular weight excluding hydrogens is 651 g/mol. The van der Waals surface area contributed by atoms with Gasteiger partial charge in [0.1, 0.15) is 11.8 Å². The average Bonchev–Trinajstić information content (AvgIpc) is 3.02. The number of methoxy groups -OCH3 is 1. The minimum atomic E-state index is -3.88. The molecule has 12 heteroatoms. The topological polar surface area (TPSA) is 157 Å². The second kappa shape index (κ2) is 16.6. The van der Waals surface area contributed by atoms with Crippen LogP contribution in [0.3, 0.4) is 0 Å². The molecule has 48 heavy (non-hydrogen) atoms. The van der Waals surface area contributed by atoms with Gasteiger partial charge in [-0.2, -0.15) is 4.72 Å². The van der Waals surface area contributed by atoms with E-state index in [2.05, 4.69) is 15.4 Å². The Kier molecular flexibility index (Phi) is 13.1. The minimum absolute atomic E-state index is 0.0598. The summed E-state index contributed by atoms with van der Waals surface area (Å²) in [7, 11) is -2.24. The van der Waals surface area contributed by atoms with Gasteiger partial charge in [-0.1, -0.05) is 60.7 Å². The number of aliphatic hydroxyl groups is 1. The molecule has 3 aromatic rings. The summed E-state index contributed by atoms with van der Waals surface area (Å²) in [5.74, 6) is -1.66. The van der Waals surface area contributed by atoms with Crippen LogP contribution in [-0.2, 0) is 41.9 Å². The molecule has 7 atom stereocenters. The minimum Gasteiger partial charge on any atom is -0.611 e. The van der Waals surface area contributed by atoms with Gasteiger partial charge < -0.3 is 25.0 Å². The number of nitrogens with one attached hydrogen (secondary N) is 3. The molecule has 0 spiro atoms. The number of rotatable bonds is 14. The van der Waals surface area contributed by atoms with Crippen molar-refractivity contribution in [1.29, 1.82) is 0 Å². The van der Waals surface area contributed by atoms with Crippen molar-refractivity contribution in [3.63, 3.8) is 0 Å². The Balaban J connectivity index is 1.59. The highest BCUT2D eigenvalue weighted by molar-refractivity contribution is 7.92. The lowest BCUT2D eigenvalue weighted by atomic mass is 9.73. The van der Waals surface area contributed by atoms with Gasteiger partial charge in [0, 0.05) is 24.0 Å². The summed E-state index contributed by atoms with van der Waals surface area (Å²) in [6.07, 6.45) is 2.18. The van der Waals surface area contributed by atoms with E-state index < -0.39 is 50.8 Å². The zero-order chi connectivity index (χ0) is 35.1. The molecule has 10 nitrogen and oxygen atoms in total. The standard InChI is InChI=1S/C36H49N3O7S2/c1-36(2,3)38-34(41)29-19-18-27(46-4)21-26(29)22-32(40)30(20-24-12-7-6-8-13-24)37-35(42)31(39-48(5,44)45)23-47(43)33-17-11-15-25-14-9-10-16-28(25)33/h6-17,26-27,29-32,39-40H,18-23H2,1-5H3,(H,37,42)(H,38,41). The number of amides is 2. The monoisotopic (exact) mass is 699 g/mol. The molecule has 0 aliphatic heterocycles.